The van der Waals surface area contributed by atoms with E-state index in [0.717, 1.165) is 20.5 Å². The molecule has 1 N–H and O–H groups in total. The first-order chi connectivity index (χ1) is 14.0. The SMILES string of the molecule is C=CCNc1nc(N2CCN(S(=O)(=O)c3ccc(Br)s3)CC2)nc2ccccc12. The molecule has 1 aromatic carbocycles. The molecule has 2 aromatic heterocycles. The highest BCUT2D eigenvalue weighted by atomic mass is 79.9. The Morgan fingerprint density at radius 3 is 2.59 bits per heavy atom. The normalized spacial score (nSPS) is 15.6. The molecule has 1 saturated heterocycles. The van der Waals surface area contributed by atoms with Gasteiger partial charge in [0.25, 0.3) is 10.0 Å². The number of para-hydroxylation sites is 1. The topological polar surface area (TPSA) is 78.4 Å². The minimum absolute atomic E-state index is 0.357. The van der Waals surface area contributed by atoms with E-state index >= 15 is 0 Å². The number of hydrogen-bond acceptors (Lipinski definition) is 7. The number of thiophene rings is 1. The molecule has 3 aromatic rings. The summed E-state index contributed by atoms with van der Waals surface area (Å²) in [5.41, 5.74) is 0.850. The fourth-order valence-corrected chi connectivity index (χ4v) is 6.79. The number of rotatable bonds is 6. The summed E-state index contributed by atoms with van der Waals surface area (Å²) in [7, 11) is -3.47. The van der Waals surface area contributed by atoms with Gasteiger partial charge in [-0.25, -0.2) is 13.4 Å². The quantitative estimate of drug-likeness (QED) is 0.528. The molecule has 0 unspecified atom stereocenters. The minimum atomic E-state index is -3.47. The average Bonchev–Trinajstić information content (AvgIpc) is 3.19. The monoisotopic (exact) mass is 493 g/mol. The standard InChI is InChI=1S/C19H20BrN5O2S2/c1-2-9-21-18-14-5-3-4-6-15(14)22-19(23-18)24-10-12-25(13-11-24)29(26,27)17-8-7-16(20)28-17/h2-8H,1,9-13H2,(H,21,22,23). The first-order valence-corrected chi connectivity index (χ1v) is 12.2. The Morgan fingerprint density at radius 1 is 1.14 bits per heavy atom. The molecular formula is C19H20BrN5O2S2. The third kappa shape index (κ3) is 4.16. The van der Waals surface area contributed by atoms with Crippen molar-refractivity contribution in [3.05, 3.63) is 52.8 Å². The highest BCUT2D eigenvalue weighted by Gasteiger charge is 2.30. The molecule has 0 saturated carbocycles. The van der Waals surface area contributed by atoms with E-state index in [2.05, 4.69) is 27.8 Å². The fourth-order valence-electron chi connectivity index (χ4n) is 3.20. The van der Waals surface area contributed by atoms with Crippen LogP contribution in [0.1, 0.15) is 0 Å². The van der Waals surface area contributed by atoms with Gasteiger partial charge in [-0.3, -0.25) is 0 Å². The summed E-state index contributed by atoms with van der Waals surface area (Å²) in [5.74, 6) is 1.36. The summed E-state index contributed by atoms with van der Waals surface area (Å²) >= 11 is 4.56. The highest BCUT2D eigenvalue weighted by molar-refractivity contribution is 9.11. The Hall–Kier alpha value is -2.01. The van der Waals surface area contributed by atoms with Crippen molar-refractivity contribution in [2.24, 2.45) is 0 Å². The van der Waals surface area contributed by atoms with Crippen LogP contribution in [0.25, 0.3) is 10.9 Å². The van der Waals surface area contributed by atoms with Gasteiger partial charge in [-0.1, -0.05) is 18.2 Å². The maximum absolute atomic E-state index is 12.8. The highest BCUT2D eigenvalue weighted by Crippen LogP contribution is 2.30. The van der Waals surface area contributed by atoms with E-state index in [9.17, 15) is 8.42 Å². The number of halogens is 1. The van der Waals surface area contributed by atoms with Crippen LogP contribution in [0.3, 0.4) is 0 Å². The average molecular weight is 494 g/mol. The van der Waals surface area contributed by atoms with Gasteiger partial charge in [-0.15, -0.1) is 17.9 Å². The van der Waals surface area contributed by atoms with Crippen LogP contribution in [0, 0.1) is 0 Å². The molecule has 0 radical (unpaired) electrons. The summed E-state index contributed by atoms with van der Waals surface area (Å²) < 4.78 is 28.4. The van der Waals surface area contributed by atoms with E-state index < -0.39 is 10.0 Å². The molecule has 4 rings (SSSR count). The fraction of sp³-hybridized carbons (Fsp3) is 0.263. The maximum Gasteiger partial charge on any atom is 0.252 e. The molecule has 1 aliphatic heterocycles. The maximum atomic E-state index is 12.8. The molecular weight excluding hydrogens is 474 g/mol. The van der Waals surface area contributed by atoms with Gasteiger partial charge in [0.15, 0.2) is 0 Å². The number of sulfonamides is 1. The zero-order valence-corrected chi connectivity index (χ0v) is 18.8. The molecule has 29 heavy (non-hydrogen) atoms. The lowest BCUT2D eigenvalue weighted by Gasteiger charge is -2.33. The van der Waals surface area contributed by atoms with Crippen LogP contribution in [0.4, 0.5) is 11.8 Å². The molecule has 1 aliphatic rings. The molecule has 152 valence electrons. The summed E-state index contributed by atoms with van der Waals surface area (Å²) in [6.07, 6.45) is 1.78. The van der Waals surface area contributed by atoms with Gasteiger partial charge in [0.2, 0.25) is 5.95 Å². The number of benzene rings is 1. The Kier molecular flexibility index (Phi) is 5.86. The van der Waals surface area contributed by atoms with E-state index in [1.807, 2.05) is 29.2 Å². The number of nitrogens with zero attached hydrogens (tertiary/aromatic N) is 4. The van der Waals surface area contributed by atoms with Crippen LogP contribution >= 0.6 is 27.3 Å². The van der Waals surface area contributed by atoms with Crippen molar-refractivity contribution in [3.63, 3.8) is 0 Å². The van der Waals surface area contributed by atoms with Gasteiger partial charge in [-0.2, -0.15) is 9.29 Å². The molecule has 0 atom stereocenters. The van der Waals surface area contributed by atoms with Gasteiger partial charge >= 0.3 is 0 Å². The molecule has 0 amide bonds. The summed E-state index contributed by atoms with van der Waals surface area (Å²) in [6, 6.07) is 11.2. The van der Waals surface area contributed by atoms with E-state index in [4.69, 9.17) is 9.97 Å². The zero-order chi connectivity index (χ0) is 20.4. The van der Waals surface area contributed by atoms with Crippen LogP contribution in [0.5, 0.6) is 0 Å². The van der Waals surface area contributed by atoms with Crippen molar-refractivity contribution in [2.75, 3.05) is 42.9 Å². The van der Waals surface area contributed by atoms with Crippen LogP contribution in [-0.2, 0) is 10.0 Å². The molecule has 10 heteroatoms. The van der Waals surface area contributed by atoms with Gasteiger partial charge in [-0.05, 0) is 40.2 Å². The second kappa shape index (κ2) is 8.39. The van der Waals surface area contributed by atoms with Crippen molar-refractivity contribution < 1.29 is 8.42 Å². The lowest BCUT2D eigenvalue weighted by atomic mass is 10.2. The Bertz CT molecular complexity index is 1140. The predicted octanol–water partition coefficient (Wildman–Crippen LogP) is 3.56. The van der Waals surface area contributed by atoms with Crippen LogP contribution in [0.15, 0.2) is 57.0 Å². The lowest BCUT2D eigenvalue weighted by molar-refractivity contribution is 0.383. The van der Waals surface area contributed by atoms with Crippen molar-refractivity contribution in [2.45, 2.75) is 4.21 Å². The third-order valence-corrected chi connectivity index (χ3v) is 8.66. The molecule has 0 spiro atoms. The smallest absolute Gasteiger partial charge is 0.252 e. The first kappa shape index (κ1) is 20.3. The Balaban J connectivity index is 1.55. The van der Waals surface area contributed by atoms with E-state index in [-0.39, 0.29) is 0 Å². The van der Waals surface area contributed by atoms with Crippen LogP contribution < -0.4 is 10.2 Å². The second-order valence-corrected chi connectivity index (χ2v) is 11.1. The van der Waals surface area contributed by atoms with Crippen LogP contribution in [0.2, 0.25) is 0 Å². The number of aromatic nitrogens is 2. The van der Waals surface area contributed by atoms with Crippen LogP contribution in [-0.4, -0.2) is 55.4 Å². The van der Waals surface area contributed by atoms with E-state index in [0.29, 0.717) is 42.9 Å². The Morgan fingerprint density at radius 2 is 1.90 bits per heavy atom. The largest absolute Gasteiger partial charge is 0.366 e. The number of nitrogens with one attached hydrogen (secondary N) is 1. The number of piperazine rings is 1. The summed E-state index contributed by atoms with van der Waals surface area (Å²) in [4.78, 5) is 11.4. The van der Waals surface area contributed by atoms with E-state index in [1.165, 1.54) is 15.6 Å². The lowest BCUT2D eigenvalue weighted by Crippen LogP contribution is -2.49. The molecule has 3 heterocycles. The van der Waals surface area contributed by atoms with Crippen molar-refractivity contribution in [1.82, 2.24) is 14.3 Å². The molecule has 7 nitrogen and oxygen atoms in total. The third-order valence-electron chi connectivity index (χ3n) is 4.67. The molecule has 0 aliphatic carbocycles. The zero-order valence-electron chi connectivity index (χ0n) is 15.6. The predicted molar refractivity (Wildman–Crippen MR) is 121 cm³/mol. The first-order valence-electron chi connectivity index (χ1n) is 9.11. The van der Waals surface area contributed by atoms with Crippen molar-refractivity contribution in [1.29, 1.82) is 0 Å². The van der Waals surface area contributed by atoms with Gasteiger partial charge in [0.05, 0.1) is 9.30 Å². The number of fused-ring (bicyclic) bond motifs is 1. The van der Waals surface area contributed by atoms with Crippen molar-refractivity contribution in [3.8, 4) is 0 Å². The summed E-state index contributed by atoms with van der Waals surface area (Å²) in [6.45, 7) is 6.20. The molecule has 0 bridgehead atoms. The Labute approximate surface area is 182 Å². The van der Waals surface area contributed by atoms with Gasteiger partial charge in [0.1, 0.15) is 10.0 Å². The number of hydrogen-bond donors (Lipinski definition) is 1. The number of anilines is 2. The van der Waals surface area contributed by atoms with Gasteiger partial charge in [0, 0.05) is 38.1 Å². The second-order valence-electron chi connectivity index (χ2n) is 6.51. The van der Waals surface area contributed by atoms with E-state index in [1.54, 1.807) is 18.2 Å². The summed E-state index contributed by atoms with van der Waals surface area (Å²) in [5, 5.41) is 4.22. The van der Waals surface area contributed by atoms with Crippen molar-refractivity contribution >= 4 is 60.0 Å². The molecule has 1 fully saturated rings. The minimum Gasteiger partial charge on any atom is -0.366 e. The van der Waals surface area contributed by atoms with Gasteiger partial charge < -0.3 is 10.2 Å².